The molecule has 0 amide bonds. The standard InChI is InChI=1S/C11H17N3/c1-14-7-9(6-12)10(8-14)11-4-2-3-5-13-11/h2-5,9-10H,6-8,12H2,1H3. The fourth-order valence-electron chi connectivity index (χ4n) is 2.26. The molecule has 0 spiro atoms. The Bertz CT molecular complexity index is 286. The van der Waals surface area contributed by atoms with Crippen molar-refractivity contribution >= 4 is 0 Å². The van der Waals surface area contributed by atoms with Gasteiger partial charge < -0.3 is 10.6 Å². The summed E-state index contributed by atoms with van der Waals surface area (Å²) in [7, 11) is 2.14. The summed E-state index contributed by atoms with van der Waals surface area (Å²) in [4.78, 5) is 6.74. The average Bonchev–Trinajstić information content (AvgIpc) is 2.61. The number of likely N-dealkylation sites (N-methyl/N-ethyl adjacent to an activating group) is 1. The molecule has 0 radical (unpaired) electrons. The zero-order valence-corrected chi connectivity index (χ0v) is 8.56. The van der Waals surface area contributed by atoms with Gasteiger partial charge in [-0.15, -0.1) is 0 Å². The number of hydrogen-bond donors (Lipinski definition) is 1. The van der Waals surface area contributed by atoms with E-state index in [0.717, 1.165) is 19.6 Å². The lowest BCUT2D eigenvalue weighted by atomic mass is 9.93. The molecule has 1 aliphatic heterocycles. The molecule has 2 unspecified atom stereocenters. The summed E-state index contributed by atoms with van der Waals surface area (Å²) in [5, 5.41) is 0. The summed E-state index contributed by atoms with van der Waals surface area (Å²) in [6.45, 7) is 2.93. The molecule has 3 nitrogen and oxygen atoms in total. The Labute approximate surface area is 84.9 Å². The summed E-state index contributed by atoms with van der Waals surface area (Å²) in [5.74, 6) is 1.08. The van der Waals surface area contributed by atoms with E-state index in [-0.39, 0.29) is 0 Å². The summed E-state index contributed by atoms with van der Waals surface area (Å²) < 4.78 is 0. The van der Waals surface area contributed by atoms with Crippen LogP contribution < -0.4 is 5.73 Å². The van der Waals surface area contributed by atoms with Gasteiger partial charge in [-0.25, -0.2) is 0 Å². The predicted molar refractivity (Wildman–Crippen MR) is 57.0 cm³/mol. The number of rotatable bonds is 2. The van der Waals surface area contributed by atoms with Crippen molar-refractivity contribution in [3.8, 4) is 0 Å². The van der Waals surface area contributed by atoms with Gasteiger partial charge in [-0.2, -0.15) is 0 Å². The first-order valence-corrected chi connectivity index (χ1v) is 5.11. The molecule has 0 aromatic carbocycles. The Morgan fingerprint density at radius 3 is 3.00 bits per heavy atom. The summed E-state index contributed by atoms with van der Waals surface area (Å²) in [6, 6.07) is 6.11. The van der Waals surface area contributed by atoms with Crippen LogP contribution in [0.15, 0.2) is 24.4 Å². The zero-order valence-electron chi connectivity index (χ0n) is 8.56. The van der Waals surface area contributed by atoms with Gasteiger partial charge in [0, 0.05) is 30.9 Å². The summed E-state index contributed by atoms with van der Waals surface area (Å²) >= 11 is 0. The van der Waals surface area contributed by atoms with E-state index in [0.29, 0.717) is 11.8 Å². The van der Waals surface area contributed by atoms with E-state index in [1.165, 1.54) is 5.69 Å². The van der Waals surface area contributed by atoms with Crippen molar-refractivity contribution in [2.75, 3.05) is 26.7 Å². The highest BCUT2D eigenvalue weighted by molar-refractivity contribution is 5.13. The second-order valence-electron chi connectivity index (χ2n) is 4.08. The SMILES string of the molecule is CN1CC(CN)C(c2ccccn2)C1. The van der Waals surface area contributed by atoms with Crippen molar-refractivity contribution in [3.05, 3.63) is 30.1 Å². The van der Waals surface area contributed by atoms with Crippen LogP contribution in [0.1, 0.15) is 11.6 Å². The monoisotopic (exact) mass is 191 g/mol. The Kier molecular flexibility index (Phi) is 2.79. The molecule has 3 heteroatoms. The third kappa shape index (κ3) is 1.79. The average molecular weight is 191 g/mol. The van der Waals surface area contributed by atoms with E-state index in [4.69, 9.17) is 5.73 Å². The highest BCUT2D eigenvalue weighted by atomic mass is 15.1. The first-order valence-electron chi connectivity index (χ1n) is 5.11. The van der Waals surface area contributed by atoms with Gasteiger partial charge in [-0.3, -0.25) is 4.98 Å². The molecule has 1 aromatic heterocycles. The maximum atomic E-state index is 5.77. The van der Waals surface area contributed by atoms with Gasteiger partial charge in [0.25, 0.3) is 0 Å². The molecule has 2 atom stereocenters. The molecule has 1 fully saturated rings. The van der Waals surface area contributed by atoms with Crippen molar-refractivity contribution in [2.45, 2.75) is 5.92 Å². The van der Waals surface area contributed by atoms with E-state index in [1.807, 2.05) is 18.3 Å². The van der Waals surface area contributed by atoms with E-state index < -0.39 is 0 Å². The molecule has 0 saturated carbocycles. The van der Waals surface area contributed by atoms with Gasteiger partial charge in [0.2, 0.25) is 0 Å². The number of likely N-dealkylation sites (tertiary alicyclic amines) is 1. The Hall–Kier alpha value is -0.930. The van der Waals surface area contributed by atoms with Crippen LogP contribution in [0.5, 0.6) is 0 Å². The van der Waals surface area contributed by atoms with Gasteiger partial charge in [-0.1, -0.05) is 6.07 Å². The first-order chi connectivity index (χ1) is 6.81. The largest absolute Gasteiger partial charge is 0.330 e. The molecule has 2 rings (SSSR count). The van der Waals surface area contributed by atoms with Crippen LogP contribution >= 0.6 is 0 Å². The van der Waals surface area contributed by atoms with Crippen molar-refractivity contribution < 1.29 is 0 Å². The normalized spacial score (nSPS) is 28.1. The molecule has 0 bridgehead atoms. The Balaban J connectivity index is 2.18. The van der Waals surface area contributed by atoms with Crippen LogP contribution in [0.2, 0.25) is 0 Å². The van der Waals surface area contributed by atoms with Crippen molar-refractivity contribution in [1.82, 2.24) is 9.88 Å². The fourth-order valence-corrected chi connectivity index (χ4v) is 2.26. The molecule has 14 heavy (non-hydrogen) atoms. The molecular formula is C11H17N3. The number of hydrogen-bond acceptors (Lipinski definition) is 3. The minimum absolute atomic E-state index is 0.520. The second kappa shape index (κ2) is 4.07. The third-order valence-electron chi connectivity index (χ3n) is 2.99. The van der Waals surface area contributed by atoms with E-state index in [2.05, 4.69) is 23.0 Å². The topological polar surface area (TPSA) is 42.1 Å². The quantitative estimate of drug-likeness (QED) is 0.747. The molecule has 76 valence electrons. The van der Waals surface area contributed by atoms with Gasteiger partial charge in [-0.05, 0) is 31.6 Å². The molecule has 1 aliphatic rings. The molecule has 2 heterocycles. The van der Waals surface area contributed by atoms with Gasteiger partial charge in [0.1, 0.15) is 0 Å². The lowest BCUT2D eigenvalue weighted by molar-refractivity contribution is 0.397. The van der Waals surface area contributed by atoms with Crippen LogP contribution in [0.3, 0.4) is 0 Å². The second-order valence-corrected chi connectivity index (χ2v) is 4.08. The zero-order chi connectivity index (χ0) is 9.97. The molecular weight excluding hydrogens is 174 g/mol. The first kappa shape index (κ1) is 9.62. The van der Waals surface area contributed by atoms with Crippen LogP contribution in [0, 0.1) is 5.92 Å². The van der Waals surface area contributed by atoms with Crippen LogP contribution in [-0.2, 0) is 0 Å². The van der Waals surface area contributed by atoms with Gasteiger partial charge >= 0.3 is 0 Å². The number of nitrogens with two attached hydrogens (primary N) is 1. The predicted octanol–water partition coefficient (Wildman–Crippen LogP) is 0.685. The molecule has 1 aromatic rings. The van der Waals surface area contributed by atoms with E-state index >= 15 is 0 Å². The summed E-state index contributed by atoms with van der Waals surface area (Å²) in [5.41, 5.74) is 6.96. The minimum atomic E-state index is 0.520. The summed E-state index contributed by atoms with van der Waals surface area (Å²) in [6.07, 6.45) is 1.86. The number of aromatic nitrogens is 1. The van der Waals surface area contributed by atoms with Crippen LogP contribution in [-0.4, -0.2) is 36.6 Å². The van der Waals surface area contributed by atoms with Crippen molar-refractivity contribution in [2.24, 2.45) is 11.7 Å². The molecule has 2 N–H and O–H groups in total. The van der Waals surface area contributed by atoms with Crippen LogP contribution in [0.25, 0.3) is 0 Å². The Morgan fingerprint density at radius 2 is 2.36 bits per heavy atom. The van der Waals surface area contributed by atoms with E-state index in [9.17, 15) is 0 Å². The smallest absolute Gasteiger partial charge is 0.0451 e. The third-order valence-corrected chi connectivity index (χ3v) is 2.99. The Morgan fingerprint density at radius 1 is 1.50 bits per heavy atom. The maximum absolute atomic E-state index is 5.77. The lowest BCUT2D eigenvalue weighted by Crippen LogP contribution is -2.21. The number of nitrogens with zero attached hydrogens (tertiary/aromatic N) is 2. The van der Waals surface area contributed by atoms with Crippen molar-refractivity contribution in [3.63, 3.8) is 0 Å². The minimum Gasteiger partial charge on any atom is -0.330 e. The van der Waals surface area contributed by atoms with Crippen molar-refractivity contribution in [1.29, 1.82) is 0 Å². The molecule has 0 aliphatic carbocycles. The highest BCUT2D eigenvalue weighted by Gasteiger charge is 2.31. The van der Waals surface area contributed by atoms with Crippen LogP contribution in [0.4, 0.5) is 0 Å². The lowest BCUT2D eigenvalue weighted by Gasteiger charge is -2.15. The number of pyridine rings is 1. The van der Waals surface area contributed by atoms with Gasteiger partial charge in [0.15, 0.2) is 0 Å². The van der Waals surface area contributed by atoms with E-state index in [1.54, 1.807) is 0 Å². The maximum Gasteiger partial charge on any atom is 0.0451 e. The fraction of sp³-hybridized carbons (Fsp3) is 0.545. The van der Waals surface area contributed by atoms with Gasteiger partial charge in [0.05, 0.1) is 0 Å². The molecule has 1 saturated heterocycles. The highest BCUT2D eigenvalue weighted by Crippen LogP contribution is 2.29.